The van der Waals surface area contributed by atoms with E-state index in [2.05, 4.69) is 10.3 Å². The second-order valence-electron chi connectivity index (χ2n) is 2.98. The van der Waals surface area contributed by atoms with Crippen LogP contribution in [-0.4, -0.2) is 25.4 Å². The van der Waals surface area contributed by atoms with Crippen molar-refractivity contribution in [3.05, 3.63) is 24.3 Å². The van der Waals surface area contributed by atoms with Crippen LogP contribution in [-0.2, 0) is 15.9 Å². The van der Waals surface area contributed by atoms with Gasteiger partial charge in [-0.3, -0.25) is 9.00 Å². The molecule has 0 fully saturated rings. The molecule has 7 heteroatoms. The summed E-state index contributed by atoms with van der Waals surface area (Å²) in [6, 6.07) is 7.43. The van der Waals surface area contributed by atoms with Crippen LogP contribution in [0.4, 0.5) is 5.13 Å². The monoisotopic (exact) mass is 255 g/mol. The molecule has 1 aromatic heterocycles. The van der Waals surface area contributed by atoms with Gasteiger partial charge >= 0.3 is 0 Å². The average molecular weight is 255 g/mol. The highest BCUT2D eigenvalue weighted by Gasteiger charge is 2.06. The molecule has 1 unspecified atom stereocenters. The first-order valence-corrected chi connectivity index (χ1v) is 6.42. The summed E-state index contributed by atoms with van der Waals surface area (Å²) in [5.41, 5.74) is 0.783. The Hall–Kier alpha value is -1.31. The Morgan fingerprint density at radius 2 is 2.25 bits per heavy atom. The molecule has 0 radical (unpaired) electrons. The zero-order valence-corrected chi connectivity index (χ0v) is 9.64. The summed E-state index contributed by atoms with van der Waals surface area (Å²) in [5.74, 6) is -1.12. The van der Waals surface area contributed by atoms with E-state index >= 15 is 0 Å². The maximum Gasteiger partial charge on any atom is 0.237 e. The van der Waals surface area contributed by atoms with Gasteiger partial charge in [0, 0.05) is 0 Å². The topological polar surface area (TPSA) is 82.1 Å². The Bertz CT molecular complexity index is 519. The van der Waals surface area contributed by atoms with E-state index in [0.29, 0.717) is 5.13 Å². The van der Waals surface area contributed by atoms with Gasteiger partial charge in [-0.05, 0) is 23.2 Å². The minimum atomic E-state index is -2.37. The van der Waals surface area contributed by atoms with Crippen LogP contribution in [0.1, 0.15) is 0 Å². The number of carbonyl (C=O) groups is 1. The molecule has 84 valence electrons. The highest BCUT2D eigenvalue weighted by molar-refractivity contribution is 7.79. The number of thiazole rings is 1. The first-order valence-electron chi connectivity index (χ1n) is 4.36. The predicted octanol–water partition coefficient (Wildman–Crippen LogP) is 1.11. The lowest BCUT2D eigenvalue weighted by Gasteiger charge is -2.03. The van der Waals surface area contributed by atoms with Gasteiger partial charge in [-0.15, -0.1) is 0 Å². The van der Waals surface area contributed by atoms with E-state index in [1.807, 2.05) is 24.3 Å². The molecule has 5 nitrogen and oxygen atoms in total. The summed E-state index contributed by atoms with van der Waals surface area (Å²) in [7, 11) is 0. The molecule has 2 aromatic rings. The summed E-state index contributed by atoms with van der Waals surface area (Å²) in [6.45, 7) is 0. The normalized spacial score (nSPS) is 12.6. The minimum Gasteiger partial charge on any atom is -0.772 e. The second kappa shape index (κ2) is 4.69. The zero-order chi connectivity index (χ0) is 11.5. The third-order valence-corrected chi connectivity index (χ3v) is 3.24. The van der Waals surface area contributed by atoms with E-state index in [1.54, 1.807) is 0 Å². The molecule has 0 aliphatic rings. The van der Waals surface area contributed by atoms with E-state index in [0.717, 1.165) is 10.2 Å². The van der Waals surface area contributed by atoms with Gasteiger partial charge in [0.25, 0.3) is 0 Å². The van der Waals surface area contributed by atoms with Crippen LogP contribution in [0.3, 0.4) is 0 Å². The van der Waals surface area contributed by atoms with Crippen molar-refractivity contribution in [1.82, 2.24) is 4.98 Å². The summed E-state index contributed by atoms with van der Waals surface area (Å²) in [4.78, 5) is 15.3. The summed E-state index contributed by atoms with van der Waals surface area (Å²) in [5, 5.41) is 2.85. The van der Waals surface area contributed by atoms with Gasteiger partial charge in [0.1, 0.15) is 0 Å². The van der Waals surface area contributed by atoms with Gasteiger partial charge in [0.05, 0.1) is 16.0 Å². The number of hydrogen-bond donors (Lipinski definition) is 1. The van der Waals surface area contributed by atoms with Crippen molar-refractivity contribution in [2.24, 2.45) is 0 Å². The van der Waals surface area contributed by atoms with E-state index < -0.39 is 22.7 Å². The average Bonchev–Trinajstić information content (AvgIpc) is 2.57. The first kappa shape index (κ1) is 11.2. The van der Waals surface area contributed by atoms with Crippen LogP contribution < -0.4 is 5.32 Å². The predicted molar refractivity (Wildman–Crippen MR) is 62.0 cm³/mol. The minimum absolute atomic E-state index is 0.414. The van der Waals surface area contributed by atoms with Crippen LogP contribution in [0.25, 0.3) is 10.2 Å². The number of para-hydroxylation sites is 1. The Morgan fingerprint density at radius 1 is 1.50 bits per heavy atom. The number of fused-ring (bicyclic) bond motifs is 1. The second-order valence-corrected chi connectivity index (χ2v) is 4.91. The number of anilines is 1. The summed E-state index contributed by atoms with van der Waals surface area (Å²) < 4.78 is 21.5. The molecule has 1 heterocycles. The number of benzene rings is 1. The van der Waals surface area contributed by atoms with Crippen molar-refractivity contribution in [2.75, 3.05) is 11.1 Å². The Balaban J connectivity index is 2.15. The van der Waals surface area contributed by atoms with Crippen molar-refractivity contribution in [1.29, 1.82) is 0 Å². The van der Waals surface area contributed by atoms with E-state index in [9.17, 15) is 13.6 Å². The smallest absolute Gasteiger partial charge is 0.237 e. The van der Waals surface area contributed by atoms with Gasteiger partial charge < -0.3 is 9.87 Å². The molecular weight excluding hydrogens is 248 g/mol. The molecule has 16 heavy (non-hydrogen) atoms. The third kappa shape index (κ3) is 2.63. The molecule has 1 N–H and O–H groups in total. The van der Waals surface area contributed by atoms with Crippen LogP contribution in [0, 0.1) is 0 Å². The van der Waals surface area contributed by atoms with Gasteiger partial charge in [-0.1, -0.05) is 23.5 Å². The van der Waals surface area contributed by atoms with Gasteiger partial charge in [0.15, 0.2) is 5.13 Å². The zero-order valence-electron chi connectivity index (χ0n) is 8.00. The number of aromatic nitrogens is 1. The van der Waals surface area contributed by atoms with Crippen molar-refractivity contribution >= 4 is 43.7 Å². The van der Waals surface area contributed by atoms with Crippen LogP contribution in [0.5, 0.6) is 0 Å². The maximum absolute atomic E-state index is 11.2. The first-order chi connectivity index (χ1) is 7.65. The molecule has 1 atom stereocenters. The van der Waals surface area contributed by atoms with Crippen molar-refractivity contribution in [3.8, 4) is 0 Å². The van der Waals surface area contributed by atoms with Crippen molar-refractivity contribution in [3.63, 3.8) is 0 Å². The Kier molecular flexibility index (Phi) is 3.28. The molecule has 0 bridgehead atoms. The number of carbonyl (C=O) groups excluding carboxylic acids is 1. The molecule has 0 aliphatic carbocycles. The lowest BCUT2D eigenvalue weighted by atomic mass is 10.3. The number of hydrogen-bond acceptors (Lipinski definition) is 5. The fourth-order valence-corrected chi connectivity index (χ4v) is 2.36. The Morgan fingerprint density at radius 3 is 2.94 bits per heavy atom. The third-order valence-electron chi connectivity index (χ3n) is 1.79. The largest absolute Gasteiger partial charge is 0.772 e. The van der Waals surface area contributed by atoms with Crippen molar-refractivity contribution < 1.29 is 13.6 Å². The molecule has 0 saturated carbocycles. The molecule has 1 aromatic carbocycles. The van der Waals surface area contributed by atoms with Crippen LogP contribution >= 0.6 is 11.3 Å². The summed E-state index contributed by atoms with van der Waals surface area (Å²) >= 11 is -1.06. The number of amides is 1. The fourth-order valence-electron chi connectivity index (χ4n) is 1.19. The van der Waals surface area contributed by atoms with Gasteiger partial charge in [0.2, 0.25) is 5.91 Å². The van der Waals surface area contributed by atoms with Crippen LogP contribution in [0.2, 0.25) is 0 Å². The van der Waals surface area contributed by atoms with Crippen molar-refractivity contribution in [2.45, 2.75) is 0 Å². The van der Waals surface area contributed by atoms with Crippen LogP contribution in [0.15, 0.2) is 24.3 Å². The van der Waals surface area contributed by atoms with E-state index in [4.69, 9.17) is 0 Å². The number of nitrogens with zero attached hydrogens (tertiary/aromatic N) is 1. The molecule has 2 rings (SSSR count). The van der Waals surface area contributed by atoms with Gasteiger partial charge in [-0.25, -0.2) is 4.98 Å². The molecule has 0 aliphatic heterocycles. The quantitative estimate of drug-likeness (QED) is 0.833. The fraction of sp³-hybridized carbons (Fsp3) is 0.111. The summed E-state index contributed by atoms with van der Waals surface area (Å²) in [6.07, 6.45) is 0. The molecule has 1 amide bonds. The molecule has 0 saturated heterocycles. The maximum atomic E-state index is 11.2. The van der Waals surface area contributed by atoms with Gasteiger partial charge in [-0.2, -0.15) is 0 Å². The number of rotatable bonds is 3. The van der Waals surface area contributed by atoms with E-state index in [-0.39, 0.29) is 0 Å². The van der Waals surface area contributed by atoms with E-state index in [1.165, 1.54) is 11.3 Å². The standard InChI is InChI=1S/C9H8N2O3S2/c12-8(5-16(13)14)11-9-10-6-3-1-2-4-7(6)15-9/h1-4H,5H2,(H,13,14)(H,10,11,12)/p-1. The SMILES string of the molecule is O=C(CS(=O)[O-])Nc1nc2ccccc2s1. The Labute approximate surface area is 97.8 Å². The molecular formula is C9H7N2O3S2-. The lowest BCUT2D eigenvalue weighted by Crippen LogP contribution is -2.18. The number of nitrogens with one attached hydrogen (secondary N) is 1. The highest BCUT2D eigenvalue weighted by atomic mass is 32.2. The lowest BCUT2D eigenvalue weighted by molar-refractivity contribution is -0.113. The highest BCUT2D eigenvalue weighted by Crippen LogP contribution is 2.25. The molecule has 0 spiro atoms.